The lowest BCUT2D eigenvalue weighted by Gasteiger charge is -2.59. The summed E-state index contributed by atoms with van der Waals surface area (Å²) < 4.78 is 32.4. The average Bonchev–Trinajstić information content (AvgIpc) is 3.92. The van der Waals surface area contributed by atoms with Crippen molar-refractivity contribution in [2.24, 2.45) is 92.3 Å². The van der Waals surface area contributed by atoms with Crippen molar-refractivity contribution in [2.45, 2.75) is 271 Å². The van der Waals surface area contributed by atoms with E-state index in [0.717, 1.165) is 87.6 Å². The molecule has 0 bridgehead atoms. The van der Waals surface area contributed by atoms with Crippen molar-refractivity contribution in [2.75, 3.05) is 26.4 Å². The molecule has 8 aliphatic carbocycles. The topological polar surface area (TPSA) is 98.2 Å². The summed E-state index contributed by atoms with van der Waals surface area (Å²) in [5.41, 5.74) is 18.6. The van der Waals surface area contributed by atoms with Crippen LogP contribution in [0, 0.1) is 80.8 Å². The van der Waals surface area contributed by atoms with Gasteiger partial charge >= 0.3 is 0 Å². The molecule has 0 amide bonds. The van der Waals surface area contributed by atoms with Crippen LogP contribution >= 0.6 is 0 Å². The van der Waals surface area contributed by atoms with Crippen molar-refractivity contribution < 1.29 is 23.7 Å². The normalized spacial score (nSPS) is 44.9. The third kappa shape index (κ3) is 10.9. The minimum Gasteiger partial charge on any atom is -0.374 e. The van der Waals surface area contributed by atoms with E-state index >= 15 is 0 Å². The molecule has 2 aliphatic heterocycles. The highest BCUT2D eigenvalue weighted by Gasteiger charge is 2.61. The van der Waals surface area contributed by atoms with Gasteiger partial charge in [0.2, 0.25) is 0 Å². The number of ether oxygens (including phenoxy) is 5. The van der Waals surface area contributed by atoms with Gasteiger partial charge in [0.25, 0.3) is 0 Å². The Hall–Kier alpha value is -0.800. The second-order valence-corrected chi connectivity index (χ2v) is 27.9. The number of allylic oxidation sites excluding steroid dienone is 4. The van der Waals surface area contributed by atoms with Crippen LogP contribution in [0.4, 0.5) is 0 Å². The minimum absolute atomic E-state index is 0.0146. The van der Waals surface area contributed by atoms with Gasteiger partial charge in [-0.3, -0.25) is 0 Å². The molecule has 0 spiro atoms. The van der Waals surface area contributed by atoms with E-state index in [4.69, 9.17) is 35.2 Å². The minimum atomic E-state index is 0.0146. The summed E-state index contributed by atoms with van der Waals surface area (Å²) in [6, 6.07) is 0.632. The molecule has 12 unspecified atom stereocenters. The quantitative estimate of drug-likeness (QED) is 0.0926. The predicted octanol–water partition coefficient (Wildman–Crippen LogP) is 15.0. The first-order valence-electron chi connectivity index (χ1n) is 31.3. The largest absolute Gasteiger partial charge is 0.374 e. The lowest BCUT2D eigenvalue weighted by molar-refractivity contribution is -0.163. The number of hydrogen-bond donors (Lipinski definition) is 2. The number of nitrogens with two attached hydrogens (primary N) is 2. The van der Waals surface area contributed by atoms with Gasteiger partial charge in [-0.05, 0) is 262 Å². The van der Waals surface area contributed by atoms with Crippen LogP contribution in [0.25, 0.3) is 0 Å². The van der Waals surface area contributed by atoms with Crippen molar-refractivity contribution in [3.8, 4) is 0 Å². The predicted molar refractivity (Wildman–Crippen MR) is 289 cm³/mol. The van der Waals surface area contributed by atoms with Crippen LogP contribution in [0.2, 0.25) is 0 Å². The molecule has 2 saturated heterocycles. The Labute approximate surface area is 435 Å². The molecule has 7 heteroatoms. The second-order valence-electron chi connectivity index (χ2n) is 27.9. The molecule has 0 aromatic rings. The molecule has 10 aliphatic rings. The highest BCUT2D eigenvalue weighted by atomic mass is 16.7. The van der Waals surface area contributed by atoms with Crippen molar-refractivity contribution in [3.05, 3.63) is 23.3 Å². The van der Waals surface area contributed by atoms with Gasteiger partial charge < -0.3 is 35.2 Å². The summed E-state index contributed by atoms with van der Waals surface area (Å²) in [4.78, 5) is 0. The van der Waals surface area contributed by atoms with E-state index in [1.54, 1.807) is 0 Å². The van der Waals surface area contributed by atoms with Gasteiger partial charge in [-0.1, -0.05) is 76.7 Å². The molecular formula is C64H108N2O5. The Morgan fingerprint density at radius 2 is 0.972 bits per heavy atom. The lowest BCUT2D eigenvalue weighted by atomic mass is 9.46. The van der Waals surface area contributed by atoms with Crippen LogP contribution in [-0.4, -0.2) is 63.3 Å². The second kappa shape index (κ2) is 23.0. The van der Waals surface area contributed by atoms with Crippen molar-refractivity contribution in [3.63, 3.8) is 0 Å². The number of rotatable bonds is 20. The number of unbranched alkanes of at least 4 members (excludes halogenated alkanes) is 4. The summed E-state index contributed by atoms with van der Waals surface area (Å²) in [6.45, 7) is 18.7. The van der Waals surface area contributed by atoms with Crippen LogP contribution < -0.4 is 11.5 Å². The first kappa shape index (κ1) is 53.6. The molecule has 20 atom stereocenters. The van der Waals surface area contributed by atoms with Gasteiger partial charge in [0.05, 0.1) is 12.2 Å². The molecular weight excluding hydrogens is 877 g/mol. The van der Waals surface area contributed by atoms with Gasteiger partial charge in [0.15, 0.2) is 12.6 Å². The monoisotopic (exact) mass is 985 g/mol. The van der Waals surface area contributed by atoms with Crippen LogP contribution in [0.3, 0.4) is 0 Å². The highest BCUT2D eigenvalue weighted by molar-refractivity contribution is 5.27. The molecule has 8 fully saturated rings. The molecule has 0 radical (unpaired) electrons. The first-order chi connectivity index (χ1) is 34.3. The molecule has 4 N–H and O–H groups in total. The van der Waals surface area contributed by atoms with Gasteiger partial charge in [0.1, 0.15) is 0 Å². The molecule has 404 valence electrons. The number of hydrogen-bond acceptors (Lipinski definition) is 7. The Balaban J connectivity index is 0.850. The van der Waals surface area contributed by atoms with E-state index < -0.39 is 0 Å². The van der Waals surface area contributed by atoms with Crippen LogP contribution in [-0.2, 0) is 23.7 Å². The standard InChI is InChI=1S/C64H108N2O5/c1-43(65)51-25-27-53-49-23-21-47-41-45(29-33-61(47,3)55(49)31-35-63(51,53)5)57(17-9-7-13-37-67-59-19-11-15-39-69-59)71-58(18-10-8-14-38-68-60-20-12-16-40-70-60)46-30-34-62(4)48(42-46)22-24-50-54-28-26-52(44(2)66)64(54,6)36-32-56(50)62/h21-22,43-46,49-60H,7-20,23-42,65-66H2,1-6H3/t43?,44?,45-,46-,49?,50?,51+,52+,53?,54?,55?,56?,57?,58?,59?,60?,61-,62-,63+,64+/m0/s1. The zero-order valence-electron chi connectivity index (χ0n) is 46.6. The fourth-order valence-corrected chi connectivity index (χ4v) is 20.2. The zero-order chi connectivity index (χ0) is 49.4. The van der Waals surface area contributed by atoms with E-state index in [0.29, 0.717) is 69.6 Å². The van der Waals surface area contributed by atoms with Crippen LogP contribution in [0.15, 0.2) is 23.3 Å². The Kier molecular flexibility index (Phi) is 17.4. The molecule has 7 nitrogen and oxygen atoms in total. The van der Waals surface area contributed by atoms with Crippen LogP contribution in [0.5, 0.6) is 0 Å². The average molecular weight is 986 g/mol. The maximum Gasteiger partial charge on any atom is 0.157 e. The van der Waals surface area contributed by atoms with Gasteiger partial charge in [0, 0.05) is 38.5 Å². The molecule has 2 heterocycles. The summed E-state index contributed by atoms with van der Waals surface area (Å²) >= 11 is 0. The molecule has 6 saturated carbocycles. The van der Waals surface area contributed by atoms with Crippen LogP contribution in [0.1, 0.15) is 234 Å². The third-order valence-electron chi connectivity index (χ3n) is 24.3. The lowest BCUT2D eigenvalue weighted by Crippen LogP contribution is -2.52. The number of fused-ring (bicyclic) bond motifs is 10. The Morgan fingerprint density at radius 1 is 0.521 bits per heavy atom. The van der Waals surface area contributed by atoms with Crippen molar-refractivity contribution in [1.29, 1.82) is 0 Å². The smallest absolute Gasteiger partial charge is 0.157 e. The maximum absolute atomic E-state index is 8.00. The van der Waals surface area contributed by atoms with Gasteiger partial charge in [-0.15, -0.1) is 0 Å². The first-order valence-corrected chi connectivity index (χ1v) is 31.3. The van der Waals surface area contributed by atoms with Crippen molar-refractivity contribution in [1.82, 2.24) is 0 Å². The van der Waals surface area contributed by atoms with E-state index in [-0.39, 0.29) is 12.6 Å². The van der Waals surface area contributed by atoms with E-state index in [1.807, 2.05) is 11.1 Å². The molecule has 10 rings (SSSR count). The fraction of sp³-hybridized carbons (Fsp3) is 0.938. The third-order valence-corrected chi connectivity index (χ3v) is 24.3. The Morgan fingerprint density at radius 3 is 1.38 bits per heavy atom. The van der Waals surface area contributed by atoms with E-state index in [2.05, 4.69) is 53.7 Å². The summed E-state index contributed by atoms with van der Waals surface area (Å²) in [6.07, 6.45) is 44.2. The van der Waals surface area contributed by atoms with E-state index in [1.165, 1.54) is 167 Å². The fourth-order valence-electron chi connectivity index (χ4n) is 20.2. The van der Waals surface area contributed by atoms with E-state index in [9.17, 15) is 0 Å². The molecule has 71 heavy (non-hydrogen) atoms. The zero-order valence-corrected chi connectivity index (χ0v) is 46.6. The maximum atomic E-state index is 8.00. The molecule has 0 aromatic heterocycles. The highest BCUT2D eigenvalue weighted by Crippen LogP contribution is 2.69. The summed E-state index contributed by atoms with van der Waals surface area (Å²) in [5.74, 6) is 7.64. The molecule has 0 aromatic carbocycles. The van der Waals surface area contributed by atoms with Gasteiger partial charge in [-0.25, -0.2) is 0 Å². The van der Waals surface area contributed by atoms with Crippen molar-refractivity contribution >= 4 is 0 Å². The Bertz CT molecular complexity index is 1660. The van der Waals surface area contributed by atoms with Gasteiger partial charge in [-0.2, -0.15) is 0 Å². The summed E-state index contributed by atoms with van der Waals surface area (Å²) in [5, 5.41) is 0. The SMILES string of the molecule is CC(N)[C@H]1CCC2C3CC=C4C[C@@H](C(CCCCCOC5CCCCO5)OC(CCCCCOC5CCCCO5)[C@H]5CC[C@@]6(C)C(=CCC7C6CC[C@@]6(C)C7CC[C@@H]6C(C)N)C5)CC[C@]4(C)C3CC[C@@]21C. The summed E-state index contributed by atoms with van der Waals surface area (Å²) in [7, 11) is 0.